The summed E-state index contributed by atoms with van der Waals surface area (Å²) >= 11 is 4.28. The SMILES string of the molecule is Cc1c(S)ccc2oc(=O)ccc12. The van der Waals surface area contributed by atoms with Crippen molar-refractivity contribution in [3.63, 3.8) is 0 Å². The van der Waals surface area contributed by atoms with E-state index in [1.54, 1.807) is 12.1 Å². The minimum Gasteiger partial charge on any atom is -0.423 e. The van der Waals surface area contributed by atoms with Gasteiger partial charge in [-0.3, -0.25) is 0 Å². The van der Waals surface area contributed by atoms with E-state index in [0.29, 0.717) is 5.58 Å². The van der Waals surface area contributed by atoms with Gasteiger partial charge in [0.15, 0.2) is 0 Å². The van der Waals surface area contributed by atoms with Gasteiger partial charge in [0, 0.05) is 16.3 Å². The molecule has 0 amide bonds. The summed E-state index contributed by atoms with van der Waals surface area (Å²) in [5.41, 5.74) is 1.33. The third-order valence-electron chi connectivity index (χ3n) is 2.04. The molecule has 2 rings (SSSR count). The molecule has 1 aromatic heterocycles. The number of aryl methyl sites for hydroxylation is 1. The second-order valence-corrected chi connectivity index (χ2v) is 3.36. The third-order valence-corrected chi connectivity index (χ3v) is 2.53. The molecule has 0 radical (unpaired) electrons. The van der Waals surface area contributed by atoms with E-state index < -0.39 is 0 Å². The Hall–Kier alpha value is -1.22. The van der Waals surface area contributed by atoms with E-state index in [2.05, 4.69) is 12.6 Å². The third kappa shape index (κ3) is 1.35. The molecule has 0 fully saturated rings. The highest BCUT2D eigenvalue weighted by atomic mass is 32.1. The molecule has 0 aliphatic carbocycles. The molecule has 0 aliphatic heterocycles. The predicted octanol–water partition coefficient (Wildman–Crippen LogP) is 2.39. The number of benzene rings is 1. The Bertz CT molecular complexity index is 514. The molecule has 1 aromatic carbocycles. The van der Waals surface area contributed by atoms with Crippen LogP contribution in [0.2, 0.25) is 0 Å². The highest BCUT2D eigenvalue weighted by Crippen LogP contribution is 2.22. The predicted molar refractivity (Wildman–Crippen MR) is 54.5 cm³/mol. The first-order valence-electron chi connectivity index (χ1n) is 3.91. The lowest BCUT2D eigenvalue weighted by molar-refractivity contribution is 0.560. The van der Waals surface area contributed by atoms with Gasteiger partial charge in [-0.2, -0.15) is 0 Å². The van der Waals surface area contributed by atoms with Crippen LogP contribution in [0.4, 0.5) is 0 Å². The zero-order valence-electron chi connectivity index (χ0n) is 7.07. The monoisotopic (exact) mass is 192 g/mol. The first-order chi connectivity index (χ1) is 6.18. The fourth-order valence-corrected chi connectivity index (χ4v) is 1.48. The summed E-state index contributed by atoms with van der Waals surface area (Å²) in [6.45, 7) is 1.95. The summed E-state index contributed by atoms with van der Waals surface area (Å²) in [5, 5.41) is 0.937. The minimum absolute atomic E-state index is 0.321. The number of fused-ring (bicyclic) bond motifs is 1. The van der Waals surface area contributed by atoms with Gasteiger partial charge in [0.1, 0.15) is 5.58 Å². The second-order valence-electron chi connectivity index (χ2n) is 2.88. The smallest absolute Gasteiger partial charge is 0.336 e. The molecule has 2 aromatic rings. The van der Waals surface area contributed by atoms with Gasteiger partial charge in [-0.25, -0.2) is 4.79 Å². The van der Waals surface area contributed by atoms with Gasteiger partial charge in [0.05, 0.1) is 0 Å². The Morgan fingerprint density at radius 2 is 2.00 bits per heavy atom. The topological polar surface area (TPSA) is 30.2 Å². The highest BCUT2D eigenvalue weighted by Gasteiger charge is 2.02. The quantitative estimate of drug-likeness (QED) is 0.513. The molecule has 0 saturated heterocycles. The Morgan fingerprint density at radius 1 is 1.23 bits per heavy atom. The lowest BCUT2D eigenvalue weighted by Gasteiger charge is -2.02. The van der Waals surface area contributed by atoms with Gasteiger partial charge >= 0.3 is 5.63 Å². The lowest BCUT2D eigenvalue weighted by atomic mass is 10.1. The maximum absolute atomic E-state index is 10.9. The molecular formula is C10H8O2S. The van der Waals surface area contributed by atoms with Crippen LogP contribution in [0.1, 0.15) is 5.56 Å². The van der Waals surface area contributed by atoms with Crippen LogP contribution in [-0.4, -0.2) is 0 Å². The zero-order chi connectivity index (χ0) is 9.42. The van der Waals surface area contributed by atoms with E-state index in [0.717, 1.165) is 15.8 Å². The summed E-state index contributed by atoms with van der Waals surface area (Å²) in [6, 6.07) is 6.76. The molecule has 0 spiro atoms. The van der Waals surface area contributed by atoms with E-state index in [-0.39, 0.29) is 5.63 Å². The van der Waals surface area contributed by atoms with Crippen molar-refractivity contribution in [2.75, 3.05) is 0 Å². The van der Waals surface area contributed by atoms with Gasteiger partial charge in [0.2, 0.25) is 0 Å². The number of rotatable bonds is 0. The van der Waals surface area contributed by atoms with Crippen LogP contribution in [-0.2, 0) is 0 Å². The molecule has 3 heteroatoms. The Kier molecular flexibility index (Phi) is 1.88. The van der Waals surface area contributed by atoms with E-state index in [1.807, 2.05) is 13.0 Å². The summed E-state index contributed by atoms with van der Waals surface area (Å²) in [6.07, 6.45) is 0. The van der Waals surface area contributed by atoms with Crippen LogP contribution in [0, 0.1) is 6.92 Å². The van der Waals surface area contributed by atoms with Crippen molar-refractivity contribution in [2.24, 2.45) is 0 Å². The molecule has 0 bridgehead atoms. The number of thiol groups is 1. The minimum atomic E-state index is -0.321. The fraction of sp³-hybridized carbons (Fsp3) is 0.100. The second kappa shape index (κ2) is 2.92. The lowest BCUT2D eigenvalue weighted by Crippen LogP contribution is -1.95. The van der Waals surface area contributed by atoms with E-state index in [1.165, 1.54) is 6.07 Å². The fourth-order valence-electron chi connectivity index (χ4n) is 1.28. The first kappa shape index (κ1) is 8.38. The molecule has 0 N–H and O–H groups in total. The van der Waals surface area contributed by atoms with Crippen LogP contribution >= 0.6 is 12.6 Å². The van der Waals surface area contributed by atoms with E-state index in [9.17, 15) is 4.79 Å². The molecular weight excluding hydrogens is 184 g/mol. The largest absolute Gasteiger partial charge is 0.423 e. The van der Waals surface area contributed by atoms with Gasteiger partial charge in [-0.1, -0.05) is 0 Å². The van der Waals surface area contributed by atoms with Gasteiger partial charge in [0.25, 0.3) is 0 Å². The summed E-state index contributed by atoms with van der Waals surface area (Å²) in [4.78, 5) is 11.8. The number of hydrogen-bond donors (Lipinski definition) is 1. The van der Waals surface area contributed by atoms with Crippen LogP contribution in [0.3, 0.4) is 0 Å². The van der Waals surface area contributed by atoms with E-state index in [4.69, 9.17) is 4.42 Å². The maximum Gasteiger partial charge on any atom is 0.336 e. The molecule has 1 heterocycles. The van der Waals surface area contributed by atoms with Crippen LogP contribution < -0.4 is 5.63 Å². The average molecular weight is 192 g/mol. The molecule has 13 heavy (non-hydrogen) atoms. The van der Waals surface area contributed by atoms with Crippen molar-refractivity contribution in [2.45, 2.75) is 11.8 Å². The summed E-state index contributed by atoms with van der Waals surface area (Å²) in [5.74, 6) is 0. The maximum atomic E-state index is 10.9. The van der Waals surface area contributed by atoms with Crippen LogP contribution in [0.25, 0.3) is 11.0 Å². The normalized spacial score (nSPS) is 10.6. The Morgan fingerprint density at radius 3 is 2.77 bits per heavy atom. The zero-order valence-corrected chi connectivity index (χ0v) is 7.97. The van der Waals surface area contributed by atoms with E-state index >= 15 is 0 Å². The van der Waals surface area contributed by atoms with Gasteiger partial charge in [-0.05, 0) is 30.7 Å². The molecule has 0 saturated carbocycles. The highest BCUT2D eigenvalue weighted by molar-refractivity contribution is 7.80. The van der Waals surface area contributed by atoms with Crippen molar-refractivity contribution in [3.05, 3.63) is 40.2 Å². The Balaban J connectivity index is 2.95. The van der Waals surface area contributed by atoms with Crippen LogP contribution in [0.5, 0.6) is 0 Å². The Labute approximate surface area is 80.6 Å². The first-order valence-corrected chi connectivity index (χ1v) is 4.35. The van der Waals surface area contributed by atoms with Gasteiger partial charge < -0.3 is 4.42 Å². The summed E-state index contributed by atoms with van der Waals surface area (Å²) in [7, 11) is 0. The van der Waals surface area contributed by atoms with Gasteiger partial charge in [-0.15, -0.1) is 12.6 Å². The number of hydrogen-bond acceptors (Lipinski definition) is 3. The van der Waals surface area contributed by atoms with Crippen molar-refractivity contribution in [3.8, 4) is 0 Å². The van der Waals surface area contributed by atoms with Crippen molar-refractivity contribution >= 4 is 23.6 Å². The average Bonchev–Trinajstić information content (AvgIpc) is 2.12. The van der Waals surface area contributed by atoms with Crippen molar-refractivity contribution in [1.29, 1.82) is 0 Å². The molecule has 0 aliphatic rings. The molecule has 0 unspecified atom stereocenters. The molecule has 2 nitrogen and oxygen atoms in total. The standard InChI is InChI=1S/C10H8O2S/c1-6-7-2-5-10(11)12-8(7)3-4-9(6)13/h2-5,13H,1H3. The van der Waals surface area contributed by atoms with Crippen molar-refractivity contribution in [1.82, 2.24) is 0 Å². The van der Waals surface area contributed by atoms with Crippen LogP contribution in [0.15, 0.2) is 38.4 Å². The van der Waals surface area contributed by atoms with Crippen molar-refractivity contribution < 1.29 is 4.42 Å². The molecule has 0 atom stereocenters. The summed E-state index contributed by atoms with van der Waals surface area (Å²) < 4.78 is 5.01. The molecule has 66 valence electrons.